The maximum absolute atomic E-state index is 5.39. The Morgan fingerprint density at radius 2 is 2.11 bits per heavy atom. The fourth-order valence-corrected chi connectivity index (χ4v) is 0.816. The van der Waals surface area contributed by atoms with Gasteiger partial charge in [0, 0.05) is 17.9 Å². The Kier molecular flexibility index (Phi) is 1.90. The van der Waals surface area contributed by atoms with Crippen molar-refractivity contribution in [2.45, 2.75) is 19.9 Å². The molecule has 0 spiro atoms. The van der Waals surface area contributed by atoms with E-state index in [0.29, 0.717) is 6.54 Å². The number of nitrogens with two attached hydrogens (primary N) is 1. The first kappa shape index (κ1) is 6.36. The number of aryl methyl sites for hydroxylation is 1. The summed E-state index contributed by atoms with van der Waals surface area (Å²) >= 11 is 0. The number of nitrogens with one attached hydrogen (secondary N) is 1. The van der Waals surface area contributed by atoms with Gasteiger partial charge in [-0.1, -0.05) is 6.92 Å². The summed E-state index contributed by atoms with van der Waals surface area (Å²) in [7, 11) is 0. The summed E-state index contributed by atoms with van der Waals surface area (Å²) in [5.41, 5.74) is 7.76. The highest BCUT2D eigenvalue weighted by atomic mass is 14.7. The minimum absolute atomic E-state index is 0.611. The van der Waals surface area contributed by atoms with Gasteiger partial charge in [-0.05, 0) is 18.6 Å². The van der Waals surface area contributed by atoms with Crippen molar-refractivity contribution in [2.75, 3.05) is 0 Å². The van der Waals surface area contributed by atoms with Crippen LogP contribution in [0.4, 0.5) is 0 Å². The molecule has 0 amide bonds. The number of hydrogen-bond donors (Lipinski definition) is 2. The lowest BCUT2D eigenvalue weighted by molar-refractivity contribution is 0.968. The molecule has 0 radical (unpaired) electrons. The average molecular weight is 124 g/mol. The number of aromatic amines is 1. The molecule has 1 aromatic heterocycles. The standard InChI is InChI=1S/C7H12N2/c1-2-6-3-4-7(5-8)9-6/h3-4,9H,2,5,8H2,1H3. The van der Waals surface area contributed by atoms with Crippen LogP contribution in [-0.2, 0) is 13.0 Å². The minimum Gasteiger partial charge on any atom is -0.361 e. The maximum Gasteiger partial charge on any atom is 0.0332 e. The highest BCUT2D eigenvalue weighted by Crippen LogP contribution is 2.00. The van der Waals surface area contributed by atoms with Crippen LogP contribution in [0.5, 0.6) is 0 Å². The van der Waals surface area contributed by atoms with Crippen LogP contribution in [0.25, 0.3) is 0 Å². The Morgan fingerprint density at radius 1 is 1.44 bits per heavy atom. The highest BCUT2D eigenvalue weighted by Gasteiger charge is 1.91. The molecule has 0 atom stereocenters. The van der Waals surface area contributed by atoms with Crippen molar-refractivity contribution in [1.82, 2.24) is 4.98 Å². The second kappa shape index (κ2) is 2.69. The van der Waals surface area contributed by atoms with Gasteiger partial charge in [0.1, 0.15) is 0 Å². The van der Waals surface area contributed by atoms with E-state index in [2.05, 4.69) is 18.0 Å². The van der Waals surface area contributed by atoms with Crippen LogP contribution in [0.2, 0.25) is 0 Å². The molecule has 1 aromatic rings. The molecule has 0 unspecified atom stereocenters. The van der Waals surface area contributed by atoms with Crippen LogP contribution in [0.1, 0.15) is 18.3 Å². The molecule has 0 saturated heterocycles. The van der Waals surface area contributed by atoms with E-state index >= 15 is 0 Å². The molecule has 3 N–H and O–H groups in total. The summed E-state index contributed by atoms with van der Waals surface area (Å²) in [6, 6.07) is 4.10. The van der Waals surface area contributed by atoms with Crippen LogP contribution in [0, 0.1) is 0 Å². The Bertz CT molecular complexity index is 160. The molecule has 2 nitrogen and oxygen atoms in total. The smallest absolute Gasteiger partial charge is 0.0332 e. The molecule has 9 heavy (non-hydrogen) atoms. The van der Waals surface area contributed by atoms with Crippen LogP contribution < -0.4 is 5.73 Å². The fourth-order valence-electron chi connectivity index (χ4n) is 0.816. The lowest BCUT2D eigenvalue weighted by Gasteiger charge is -1.88. The number of H-pyrrole nitrogens is 1. The molecular formula is C7H12N2. The van der Waals surface area contributed by atoms with E-state index in [4.69, 9.17) is 5.73 Å². The minimum atomic E-state index is 0.611. The van der Waals surface area contributed by atoms with Crippen LogP contribution in [0.3, 0.4) is 0 Å². The van der Waals surface area contributed by atoms with Gasteiger partial charge in [0.05, 0.1) is 0 Å². The molecule has 0 saturated carbocycles. The second-order valence-corrected chi connectivity index (χ2v) is 2.07. The van der Waals surface area contributed by atoms with E-state index in [0.717, 1.165) is 12.1 Å². The SMILES string of the molecule is CCc1ccc(CN)[nH]1. The quantitative estimate of drug-likeness (QED) is 0.607. The topological polar surface area (TPSA) is 41.8 Å². The molecule has 0 aliphatic heterocycles. The average Bonchev–Trinajstić information content (AvgIpc) is 2.34. The molecule has 1 rings (SSSR count). The van der Waals surface area contributed by atoms with E-state index in [9.17, 15) is 0 Å². The second-order valence-electron chi connectivity index (χ2n) is 2.07. The van der Waals surface area contributed by atoms with E-state index in [1.54, 1.807) is 0 Å². The van der Waals surface area contributed by atoms with Crippen molar-refractivity contribution < 1.29 is 0 Å². The van der Waals surface area contributed by atoms with Gasteiger partial charge in [0.2, 0.25) is 0 Å². The van der Waals surface area contributed by atoms with E-state index in [1.807, 2.05) is 6.07 Å². The third-order valence-electron chi connectivity index (χ3n) is 1.41. The molecule has 2 heteroatoms. The van der Waals surface area contributed by atoms with Gasteiger partial charge < -0.3 is 10.7 Å². The molecule has 0 aliphatic rings. The lowest BCUT2D eigenvalue weighted by Crippen LogP contribution is -1.95. The maximum atomic E-state index is 5.39. The van der Waals surface area contributed by atoms with Crippen molar-refractivity contribution in [2.24, 2.45) is 5.73 Å². The van der Waals surface area contributed by atoms with Crippen LogP contribution in [-0.4, -0.2) is 4.98 Å². The molecule has 0 aliphatic carbocycles. The zero-order valence-electron chi connectivity index (χ0n) is 5.65. The third-order valence-corrected chi connectivity index (χ3v) is 1.41. The Labute approximate surface area is 55.1 Å². The van der Waals surface area contributed by atoms with Crippen molar-refractivity contribution in [3.05, 3.63) is 23.5 Å². The zero-order valence-corrected chi connectivity index (χ0v) is 5.65. The summed E-state index contributed by atoms with van der Waals surface area (Å²) < 4.78 is 0. The number of aromatic nitrogens is 1. The molecule has 0 fully saturated rings. The van der Waals surface area contributed by atoms with Gasteiger partial charge in [-0.2, -0.15) is 0 Å². The van der Waals surface area contributed by atoms with Crippen molar-refractivity contribution in [3.63, 3.8) is 0 Å². The highest BCUT2D eigenvalue weighted by molar-refractivity contribution is 5.12. The zero-order chi connectivity index (χ0) is 6.69. The molecular weight excluding hydrogens is 112 g/mol. The van der Waals surface area contributed by atoms with Gasteiger partial charge in [-0.3, -0.25) is 0 Å². The summed E-state index contributed by atoms with van der Waals surface area (Å²) in [6.45, 7) is 2.73. The van der Waals surface area contributed by atoms with Crippen molar-refractivity contribution >= 4 is 0 Å². The molecule has 50 valence electrons. The Morgan fingerprint density at radius 3 is 2.44 bits per heavy atom. The largest absolute Gasteiger partial charge is 0.361 e. The first-order valence-electron chi connectivity index (χ1n) is 3.23. The van der Waals surface area contributed by atoms with Crippen LogP contribution >= 0.6 is 0 Å². The molecule has 1 heterocycles. The van der Waals surface area contributed by atoms with Gasteiger partial charge in [-0.25, -0.2) is 0 Å². The van der Waals surface area contributed by atoms with Crippen molar-refractivity contribution in [1.29, 1.82) is 0 Å². The predicted octanol–water partition coefficient (Wildman–Crippen LogP) is 1.04. The number of hydrogen-bond acceptors (Lipinski definition) is 1. The van der Waals surface area contributed by atoms with Crippen molar-refractivity contribution in [3.8, 4) is 0 Å². The molecule has 0 aromatic carbocycles. The van der Waals surface area contributed by atoms with Crippen LogP contribution in [0.15, 0.2) is 12.1 Å². The van der Waals surface area contributed by atoms with Gasteiger partial charge in [-0.15, -0.1) is 0 Å². The normalized spacial score (nSPS) is 10.0. The van der Waals surface area contributed by atoms with E-state index in [1.165, 1.54) is 5.69 Å². The fraction of sp³-hybridized carbons (Fsp3) is 0.429. The summed E-state index contributed by atoms with van der Waals surface area (Å²) in [5.74, 6) is 0. The third kappa shape index (κ3) is 1.33. The van der Waals surface area contributed by atoms with E-state index < -0.39 is 0 Å². The number of rotatable bonds is 2. The van der Waals surface area contributed by atoms with Gasteiger partial charge in [0.25, 0.3) is 0 Å². The lowest BCUT2D eigenvalue weighted by atomic mass is 10.3. The first-order valence-corrected chi connectivity index (χ1v) is 3.23. The predicted molar refractivity (Wildman–Crippen MR) is 38.1 cm³/mol. The summed E-state index contributed by atoms with van der Waals surface area (Å²) in [5, 5.41) is 0. The first-order chi connectivity index (χ1) is 4.36. The monoisotopic (exact) mass is 124 g/mol. The Balaban J connectivity index is 2.74. The molecule has 0 bridgehead atoms. The van der Waals surface area contributed by atoms with E-state index in [-0.39, 0.29) is 0 Å². The Hall–Kier alpha value is -0.760. The summed E-state index contributed by atoms with van der Waals surface area (Å²) in [4.78, 5) is 3.19. The summed E-state index contributed by atoms with van der Waals surface area (Å²) in [6.07, 6.45) is 1.06. The van der Waals surface area contributed by atoms with Gasteiger partial charge >= 0.3 is 0 Å². The van der Waals surface area contributed by atoms with Gasteiger partial charge in [0.15, 0.2) is 0 Å².